The summed E-state index contributed by atoms with van der Waals surface area (Å²) < 4.78 is 2.14. The molecule has 1 saturated carbocycles. The van der Waals surface area contributed by atoms with Gasteiger partial charge in [0, 0.05) is 42.0 Å². The number of hydrogen-bond acceptors (Lipinski definition) is 2. The molecular weight excluding hydrogens is 422 g/mol. The topological polar surface area (TPSA) is 45.6 Å². The van der Waals surface area contributed by atoms with E-state index in [1.54, 1.807) is 4.90 Å². The highest BCUT2D eigenvalue weighted by atomic mass is 35.5. The van der Waals surface area contributed by atoms with E-state index in [0.29, 0.717) is 25.6 Å². The van der Waals surface area contributed by atoms with Crippen molar-refractivity contribution >= 4 is 23.4 Å². The third-order valence-corrected chi connectivity index (χ3v) is 6.52. The predicted octanol–water partition coefficient (Wildman–Crippen LogP) is 5.21. The van der Waals surface area contributed by atoms with Gasteiger partial charge in [-0.25, -0.2) is 0 Å². The van der Waals surface area contributed by atoms with Crippen molar-refractivity contribution in [2.24, 2.45) is 11.8 Å². The van der Waals surface area contributed by atoms with E-state index in [2.05, 4.69) is 31.4 Å². The number of carbonyl (C=O) groups excluding carboxylic acids is 2. The maximum atomic E-state index is 13.4. The van der Waals surface area contributed by atoms with Crippen LogP contribution in [0.3, 0.4) is 0 Å². The van der Waals surface area contributed by atoms with E-state index in [1.807, 2.05) is 48.4 Å². The molecule has 2 amide bonds. The summed E-state index contributed by atoms with van der Waals surface area (Å²) in [6, 6.07) is 12.0. The summed E-state index contributed by atoms with van der Waals surface area (Å²) >= 11 is 6.36. The lowest BCUT2D eigenvalue weighted by Gasteiger charge is -2.32. The van der Waals surface area contributed by atoms with Crippen LogP contribution in [0.1, 0.15) is 58.2 Å². The largest absolute Gasteiger partial charge is 0.345 e. The van der Waals surface area contributed by atoms with Gasteiger partial charge in [-0.2, -0.15) is 0 Å². The zero-order valence-electron chi connectivity index (χ0n) is 19.8. The average Bonchev–Trinajstić information content (AvgIpc) is 3.53. The van der Waals surface area contributed by atoms with E-state index in [1.165, 1.54) is 0 Å². The molecule has 0 N–H and O–H groups in total. The van der Waals surface area contributed by atoms with Crippen molar-refractivity contribution in [1.29, 1.82) is 0 Å². The zero-order chi connectivity index (χ0) is 23.3. The van der Waals surface area contributed by atoms with Crippen molar-refractivity contribution in [1.82, 2.24) is 14.4 Å². The molecule has 3 rings (SSSR count). The minimum absolute atomic E-state index is 0.0125. The lowest BCUT2D eigenvalue weighted by molar-refractivity contribution is -0.143. The second-order valence-corrected chi connectivity index (χ2v) is 9.79. The molecule has 0 saturated heterocycles. The van der Waals surface area contributed by atoms with Crippen molar-refractivity contribution in [2.75, 3.05) is 13.1 Å². The lowest BCUT2D eigenvalue weighted by Crippen LogP contribution is -2.47. The SMILES string of the molecule is CCC(C)N(CC(=O)N(Cc1cccn1Cc1ccccc1Cl)CC(C)C)C(=O)C1CC1. The van der Waals surface area contributed by atoms with Gasteiger partial charge in [0.1, 0.15) is 6.54 Å². The zero-order valence-corrected chi connectivity index (χ0v) is 20.5. The van der Waals surface area contributed by atoms with Gasteiger partial charge in [0.2, 0.25) is 11.8 Å². The minimum atomic E-state index is 0.0125. The van der Waals surface area contributed by atoms with Crippen LogP contribution in [0.2, 0.25) is 5.02 Å². The Morgan fingerprint density at radius 1 is 1.12 bits per heavy atom. The second-order valence-electron chi connectivity index (χ2n) is 9.38. The molecular formula is C26H36ClN3O2. The van der Waals surface area contributed by atoms with E-state index >= 15 is 0 Å². The number of halogens is 1. The van der Waals surface area contributed by atoms with Gasteiger partial charge in [0.15, 0.2) is 0 Å². The van der Waals surface area contributed by atoms with Gasteiger partial charge < -0.3 is 14.4 Å². The summed E-state index contributed by atoms with van der Waals surface area (Å²) in [6.45, 7) is 10.3. The van der Waals surface area contributed by atoms with E-state index in [9.17, 15) is 9.59 Å². The standard InChI is InChI=1S/C26H36ClN3O2/c1-5-20(4)30(26(32)21-12-13-21)18-25(31)29(15-19(2)3)17-23-10-8-14-28(23)16-22-9-6-7-11-24(22)27/h6-11,14,19-21H,5,12-13,15-18H2,1-4H3. The maximum Gasteiger partial charge on any atom is 0.242 e. The lowest BCUT2D eigenvalue weighted by atomic mass is 10.1. The highest BCUT2D eigenvalue weighted by Crippen LogP contribution is 2.32. The molecule has 5 nitrogen and oxygen atoms in total. The number of nitrogens with zero attached hydrogens (tertiary/aromatic N) is 3. The molecule has 1 aromatic carbocycles. The Hall–Kier alpha value is -2.27. The molecule has 0 bridgehead atoms. The molecule has 2 aromatic rings. The van der Waals surface area contributed by atoms with E-state index in [0.717, 1.165) is 35.5 Å². The highest BCUT2D eigenvalue weighted by Gasteiger charge is 2.36. The van der Waals surface area contributed by atoms with Crippen LogP contribution in [0, 0.1) is 11.8 Å². The Kier molecular flexibility index (Phi) is 8.41. The molecule has 1 fully saturated rings. The van der Waals surface area contributed by atoms with Crippen molar-refractivity contribution in [2.45, 2.75) is 66.1 Å². The monoisotopic (exact) mass is 457 g/mol. The molecule has 1 aromatic heterocycles. The first-order valence-corrected chi connectivity index (χ1v) is 12.1. The summed E-state index contributed by atoms with van der Waals surface area (Å²) in [5.74, 6) is 0.600. The fourth-order valence-electron chi connectivity index (χ4n) is 3.93. The fourth-order valence-corrected chi connectivity index (χ4v) is 4.13. The van der Waals surface area contributed by atoms with Gasteiger partial charge in [-0.3, -0.25) is 9.59 Å². The van der Waals surface area contributed by atoms with E-state index in [4.69, 9.17) is 11.6 Å². The Bertz CT molecular complexity index is 919. The summed E-state index contributed by atoms with van der Waals surface area (Å²) in [6.07, 6.45) is 4.77. The second kappa shape index (κ2) is 11.0. The Morgan fingerprint density at radius 2 is 1.84 bits per heavy atom. The van der Waals surface area contributed by atoms with Crippen LogP contribution in [-0.2, 0) is 22.7 Å². The third-order valence-electron chi connectivity index (χ3n) is 6.15. The van der Waals surface area contributed by atoms with Crippen LogP contribution >= 0.6 is 11.6 Å². The fraction of sp³-hybridized carbons (Fsp3) is 0.538. The number of hydrogen-bond donors (Lipinski definition) is 0. The summed E-state index contributed by atoms with van der Waals surface area (Å²) in [5.41, 5.74) is 2.11. The molecule has 1 aliphatic rings. The first kappa shape index (κ1) is 24.4. The number of carbonyl (C=O) groups is 2. The molecule has 0 aliphatic heterocycles. The van der Waals surface area contributed by atoms with Gasteiger partial charge in [-0.15, -0.1) is 0 Å². The van der Waals surface area contributed by atoms with Crippen molar-refractivity contribution < 1.29 is 9.59 Å². The summed E-state index contributed by atoms with van der Waals surface area (Å²) in [5, 5.41) is 0.741. The van der Waals surface area contributed by atoms with Crippen LogP contribution < -0.4 is 0 Å². The molecule has 32 heavy (non-hydrogen) atoms. The smallest absolute Gasteiger partial charge is 0.242 e. The molecule has 0 spiro atoms. The molecule has 1 unspecified atom stereocenters. The van der Waals surface area contributed by atoms with Crippen LogP contribution in [0.4, 0.5) is 0 Å². The number of rotatable bonds is 11. The van der Waals surface area contributed by atoms with E-state index in [-0.39, 0.29) is 30.3 Å². The highest BCUT2D eigenvalue weighted by molar-refractivity contribution is 6.31. The van der Waals surface area contributed by atoms with Gasteiger partial charge >= 0.3 is 0 Å². The van der Waals surface area contributed by atoms with Gasteiger partial charge in [-0.1, -0.05) is 50.6 Å². The number of aromatic nitrogens is 1. The van der Waals surface area contributed by atoms with Crippen molar-refractivity contribution in [3.8, 4) is 0 Å². The maximum absolute atomic E-state index is 13.4. The number of amides is 2. The summed E-state index contributed by atoms with van der Waals surface area (Å²) in [7, 11) is 0. The molecule has 1 aliphatic carbocycles. The average molecular weight is 458 g/mol. The van der Waals surface area contributed by atoms with Crippen LogP contribution in [0.15, 0.2) is 42.6 Å². The molecule has 1 heterocycles. The van der Waals surface area contributed by atoms with Gasteiger partial charge in [0.25, 0.3) is 0 Å². The minimum Gasteiger partial charge on any atom is -0.345 e. The Balaban J connectivity index is 1.75. The Morgan fingerprint density at radius 3 is 2.47 bits per heavy atom. The molecule has 6 heteroatoms. The van der Waals surface area contributed by atoms with Gasteiger partial charge in [0.05, 0.1) is 6.54 Å². The van der Waals surface area contributed by atoms with Crippen molar-refractivity contribution in [3.05, 3.63) is 58.9 Å². The van der Waals surface area contributed by atoms with Crippen LogP contribution in [0.25, 0.3) is 0 Å². The normalized spacial score (nSPS) is 14.4. The molecule has 174 valence electrons. The third kappa shape index (κ3) is 6.38. The Labute approximate surface area is 197 Å². The van der Waals surface area contributed by atoms with Crippen molar-refractivity contribution in [3.63, 3.8) is 0 Å². The first-order valence-electron chi connectivity index (χ1n) is 11.8. The predicted molar refractivity (Wildman–Crippen MR) is 129 cm³/mol. The van der Waals surface area contributed by atoms with Gasteiger partial charge in [-0.05, 0) is 55.9 Å². The summed E-state index contributed by atoms with van der Waals surface area (Å²) in [4.78, 5) is 29.9. The van der Waals surface area contributed by atoms with Crippen LogP contribution in [-0.4, -0.2) is 45.3 Å². The first-order chi connectivity index (χ1) is 15.3. The number of benzene rings is 1. The quantitative estimate of drug-likeness (QED) is 0.464. The molecule has 0 radical (unpaired) electrons. The molecule has 1 atom stereocenters. The van der Waals surface area contributed by atoms with E-state index < -0.39 is 0 Å². The van der Waals surface area contributed by atoms with Crippen LogP contribution in [0.5, 0.6) is 0 Å².